The van der Waals surface area contributed by atoms with E-state index in [0.717, 1.165) is 52.2 Å². The SMILES string of the molecule is COCCN1CCN(C(=O)NC2CCCCC2)CC1. The van der Waals surface area contributed by atoms with Crippen LogP contribution < -0.4 is 5.32 Å². The quantitative estimate of drug-likeness (QED) is 0.836. The standard InChI is InChI=1S/C14H27N3O2/c1-19-12-11-16-7-9-17(10-8-16)14(18)15-13-5-3-2-4-6-13/h13H,2-12H2,1H3,(H,15,18). The fourth-order valence-corrected chi connectivity index (χ4v) is 2.91. The smallest absolute Gasteiger partial charge is 0.317 e. The third kappa shape index (κ3) is 4.66. The minimum absolute atomic E-state index is 0.137. The first-order chi connectivity index (χ1) is 9.29. The van der Waals surface area contributed by atoms with Gasteiger partial charge in [-0.15, -0.1) is 0 Å². The zero-order valence-corrected chi connectivity index (χ0v) is 12.1. The zero-order chi connectivity index (χ0) is 13.5. The van der Waals surface area contributed by atoms with Crippen LogP contribution in [0.3, 0.4) is 0 Å². The fraction of sp³-hybridized carbons (Fsp3) is 0.929. The normalized spacial score (nSPS) is 22.5. The van der Waals surface area contributed by atoms with Crippen molar-refractivity contribution in [2.24, 2.45) is 0 Å². The van der Waals surface area contributed by atoms with Crippen molar-refractivity contribution in [3.8, 4) is 0 Å². The largest absolute Gasteiger partial charge is 0.383 e. The van der Waals surface area contributed by atoms with Crippen LogP contribution in [0.25, 0.3) is 0 Å². The summed E-state index contributed by atoms with van der Waals surface area (Å²) in [4.78, 5) is 16.5. The molecule has 0 aromatic rings. The van der Waals surface area contributed by atoms with Crippen LogP contribution in [-0.4, -0.2) is 68.3 Å². The highest BCUT2D eigenvalue weighted by molar-refractivity contribution is 5.74. The van der Waals surface area contributed by atoms with Crippen molar-refractivity contribution in [2.75, 3.05) is 46.4 Å². The molecule has 110 valence electrons. The fourth-order valence-electron chi connectivity index (χ4n) is 2.91. The van der Waals surface area contributed by atoms with Gasteiger partial charge in [0.15, 0.2) is 0 Å². The van der Waals surface area contributed by atoms with Crippen molar-refractivity contribution in [3.05, 3.63) is 0 Å². The Bertz CT molecular complexity index is 272. The van der Waals surface area contributed by atoms with E-state index in [4.69, 9.17) is 4.74 Å². The summed E-state index contributed by atoms with van der Waals surface area (Å²) in [6, 6.07) is 0.547. The number of carbonyl (C=O) groups excluding carboxylic acids is 1. The molecule has 0 radical (unpaired) electrons. The van der Waals surface area contributed by atoms with Crippen molar-refractivity contribution in [2.45, 2.75) is 38.1 Å². The summed E-state index contributed by atoms with van der Waals surface area (Å²) in [5, 5.41) is 3.19. The molecule has 0 spiro atoms. The molecule has 0 aromatic carbocycles. The van der Waals surface area contributed by atoms with E-state index in [1.165, 1.54) is 19.3 Å². The average molecular weight is 269 g/mol. The number of ether oxygens (including phenoxy) is 1. The van der Waals surface area contributed by atoms with Crippen molar-refractivity contribution >= 4 is 6.03 Å². The van der Waals surface area contributed by atoms with Crippen LogP contribution in [0.15, 0.2) is 0 Å². The molecular weight excluding hydrogens is 242 g/mol. The Kier molecular flexibility index (Phi) is 5.92. The zero-order valence-electron chi connectivity index (χ0n) is 12.1. The van der Waals surface area contributed by atoms with Crippen LogP contribution in [0.2, 0.25) is 0 Å². The van der Waals surface area contributed by atoms with E-state index in [1.54, 1.807) is 7.11 Å². The van der Waals surface area contributed by atoms with Gasteiger partial charge < -0.3 is 15.0 Å². The van der Waals surface area contributed by atoms with Crippen molar-refractivity contribution in [1.29, 1.82) is 0 Å². The molecule has 0 atom stereocenters. The topological polar surface area (TPSA) is 44.8 Å². The second kappa shape index (κ2) is 7.70. The minimum atomic E-state index is 0.137. The Labute approximate surface area is 116 Å². The molecule has 2 aliphatic rings. The molecule has 1 N–H and O–H groups in total. The van der Waals surface area contributed by atoms with E-state index in [2.05, 4.69) is 10.2 Å². The number of hydrogen-bond acceptors (Lipinski definition) is 3. The van der Waals surface area contributed by atoms with Gasteiger partial charge in [-0.1, -0.05) is 19.3 Å². The van der Waals surface area contributed by atoms with Crippen molar-refractivity contribution < 1.29 is 9.53 Å². The summed E-state index contributed by atoms with van der Waals surface area (Å²) in [6.07, 6.45) is 6.15. The Morgan fingerprint density at radius 1 is 1.16 bits per heavy atom. The molecule has 2 amide bonds. The highest BCUT2D eigenvalue weighted by Gasteiger charge is 2.23. The first-order valence-electron chi connectivity index (χ1n) is 7.56. The van der Waals surface area contributed by atoms with Gasteiger partial charge in [-0.3, -0.25) is 4.90 Å². The minimum Gasteiger partial charge on any atom is -0.383 e. The van der Waals surface area contributed by atoms with E-state index >= 15 is 0 Å². The highest BCUT2D eigenvalue weighted by Crippen LogP contribution is 2.17. The van der Waals surface area contributed by atoms with Crippen molar-refractivity contribution in [1.82, 2.24) is 15.1 Å². The number of nitrogens with one attached hydrogen (secondary N) is 1. The summed E-state index contributed by atoms with van der Waals surface area (Å²) in [5.74, 6) is 0. The third-order valence-corrected chi connectivity index (χ3v) is 4.20. The van der Waals surface area contributed by atoms with Gasteiger partial charge in [-0.05, 0) is 12.8 Å². The molecule has 5 heteroatoms. The first kappa shape index (κ1) is 14.6. The van der Waals surface area contributed by atoms with Gasteiger partial charge >= 0.3 is 6.03 Å². The van der Waals surface area contributed by atoms with Gasteiger partial charge in [0.25, 0.3) is 0 Å². The molecule has 1 saturated carbocycles. The van der Waals surface area contributed by atoms with Crippen LogP contribution >= 0.6 is 0 Å². The number of hydrogen-bond donors (Lipinski definition) is 1. The number of amides is 2. The number of carbonyl (C=O) groups is 1. The summed E-state index contributed by atoms with van der Waals surface area (Å²) < 4.78 is 5.08. The van der Waals surface area contributed by atoms with Gasteiger partial charge in [-0.2, -0.15) is 0 Å². The van der Waals surface area contributed by atoms with Crippen LogP contribution in [0.5, 0.6) is 0 Å². The molecule has 1 heterocycles. The third-order valence-electron chi connectivity index (χ3n) is 4.20. The van der Waals surface area contributed by atoms with Crippen LogP contribution in [0.4, 0.5) is 4.79 Å². The molecule has 0 unspecified atom stereocenters. The molecule has 2 rings (SSSR count). The molecule has 5 nitrogen and oxygen atoms in total. The molecule has 1 saturated heterocycles. The van der Waals surface area contributed by atoms with Gasteiger partial charge in [-0.25, -0.2) is 4.79 Å². The maximum absolute atomic E-state index is 12.2. The second-order valence-electron chi connectivity index (χ2n) is 5.61. The van der Waals surface area contributed by atoms with Crippen LogP contribution in [0, 0.1) is 0 Å². The predicted octanol–water partition coefficient (Wildman–Crippen LogP) is 1.29. The van der Waals surface area contributed by atoms with Gasteiger partial charge in [0.1, 0.15) is 0 Å². The predicted molar refractivity (Wildman–Crippen MR) is 75.3 cm³/mol. The second-order valence-corrected chi connectivity index (χ2v) is 5.61. The number of methoxy groups -OCH3 is 1. The van der Waals surface area contributed by atoms with Gasteiger partial charge in [0.2, 0.25) is 0 Å². The lowest BCUT2D eigenvalue weighted by Crippen LogP contribution is -2.54. The molecule has 19 heavy (non-hydrogen) atoms. The Balaban J connectivity index is 1.67. The molecule has 1 aliphatic heterocycles. The van der Waals surface area contributed by atoms with E-state index < -0.39 is 0 Å². The Morgan fingerprint density at radius 3 is 2.47 bits per heavy atom. The maximum atomic E-state index is 12.2. The van der Waals surface area contributed by atoms with Crippen LogP contribution in [0.1, 0.15) is 32.1 Å². The van der Waals surface area contributed by atoms with E-state index in [1.807, 2.05) is 4.90 Å². The lowest BCUT2D eigenvalue weighted by molar-refractivity contribution is 0.104. The molecule has 2 fully saturated rings. The summed E-state index contributed by atoms with van der Waals surface area (Å²) >= 11 is 0. The number of rotatable bonds is 4. The highest BCUT2D eigenvalue weighted by atomic mass is 16.5. The molecule has 0 aromatic heterocycles. The molecule has 1 aliphatic carbocycles. The maximum Gasteiger partial charge on any atom is 0.317 e. The van der Waals surface area contributed by atoms with Gasteiger partial charge in [0.05, 0.1) is 6.61 Å². The number of urea groups is 1. The monoisotopic (exact) mass is 269 g/mol. The summed E-state index contributed by atoms with van der Waals surface area (Å²) in [5.41, 5.74) is 0. The van der Waals surface area contributed by atoms with Crippen molar-refractivity contribution in [3.63, 3.8) is 0 Å². The number of nitrogens with zero attached hydrogens (tertiary/aromatic N) is 2. The van der Waals surface area contributed by atoms with E-state index in [9.17, 15) is 4.79 Å². The van der Waals surface area contributed by atoms with E-state index in [0.29, 0.717) is 6.04 Å². The first-order valence-corrected chi connectivity index (χ1v) is 7.56. The lowest BCUT2D eigenvalue weighted by atomic mass is 9.96. The molecule has 0 bridgehead atoms. The van der Waals surface area contributed by atoms with Gasteiger partial charge in [0, 0.05) is 45.9 Å². The Hall–Kier alpha value is -0.810. The summed E-state index contributed by atoms with van der Waals surface area (Å²) in [6.45, 7) is 5.33. The number of piperazine rings is 1. The molecular formula is C14H27N3O2. The Morgan fingerprint density at radius 2 is 1.84 bits per heavy atom. The average Bonchev–Trinajstić information content (AvgIpc) is 2.46. The summed E-state index contributed by atoms with van der Waals surface area (Å²) in [7, 11) is 1.73. The lowest BCUT2D eigenvalue weighted by Gasteiger charge is -2.35. The van der Waals surface area contributed by atoms with E-state index in [-0.39, 0.29) is 6.03 Å². The van der Waals surface area contributed by atoms with Crippen LogP contribution in [-0.2, 0) is 4.74 Å².